The Balaban J connectivity index is 1.74. The van der Waals surface area contributed by atoms with Crippen LogP contribution < -0.4 is 0 Å². The molecule has 2 saturated heterocycles. The number of benzene rings is 1. The lowest BCUT2D eigenvalue weighted by Gasteiger charge is -2.35. The van der Waals surface area contributed by atoms with Gasteiger partial charge in [-0.3, -0.25) is 4.79 Å². The van der Waals surface area contributed by atoms with Crippen LogP contribution in [0.25, 0.3) is 0 Å². The third-order valence-electron chi connectivity index (χ3n) is 5.01. The van der Waals surface area contributed by atoms with Crippen molar-refractivity contribution < 1.29 is 17.9 Å². The molecular weight excluding hydrogens is 352 g/mol. The molecule has 144 valence electrons. The summed E-state index contributed by atoms with van der Waals surface area (Å²) in [6.07, 6.45) is 3.98. The number of carbonyl (C=O) groups is 1. The van der Waals surface area contributed by atoms with Crippen LogP contribution in [0.15, 0.2) is 29.2 Å². The van der Waals surface area contributed by atoms with E-state index >= 15 is 0 Å². The number of hydrogen-bond donors (Lipinski definition) is 0. The third-order valence-corrected chi connectivity index (χ3v) is 6.92. The summed E-state index contributed by atoms with van der Waals surface area (Å²) in [5.41, 5.74) is 0.515. The van der Waals surface area contributed by atoms with Crippen molar-refractivity contribution in [2.45, 2.75) is 56.6 Å². The smallest absolute Gasteiger partial charge is 0.254 e. The van der Waals surface area contributed by atoms with E-state index in [0.717, 1.165) is 25.7 Å². The van der Waals surface area contributed by atoms with Crippen LogP contribution in [0, 0.1) is 0 Å². The monoisotopic (exact) mass is 380 g/mol. The van der Waals surface area contributed by atoms with Gasteiger partial charge >= 0.3 is 0 Å². The lowest BCUT2D eigenvalue weighted by molar-refractivity contribution is -0.0586. The van der Waals surface area contributed by atoms with Gasteiger partial charge in [-0.2, -0.15) is 4.31 Å². The van der Waals surface area contributed by atoms with Gasteiger partial charge in [-0.1, -0.05) is 12.8 Å². The Morgan fingerprint density at radius 3 is 2.04 bits per heavy atom. The van der Waals surface area contributed by atoms with Crippen molar-refractivity contribution in [3.8, 4) is 0 Å². The number of rotatable bonds is 3. The van der Waals surface area contributed by atoms with Crippen molar-refractivity contribution in [1.82, 2.24) is 9.21 Å². The van der Waals surface area contributed by atoms with E-state index in [2.05, 4.69) is 0 Å². The van der Waals surface area contributed by atoms with E-state index in [1.165, 1.54) is 0 Å². The Hall–Kier alpha value is -1.44. The van der Waals surface area contributed by atoms with Gasteiger partial charge in [0.05, 0.1) is 17.1 Å². The maximum Gasteiger partial charge on any atom is 0.254 e. The predicted octanol–water partition coefficient (Wildman–Crippen LogP) is 2.50. The lowest BCUT2D eigenvalue weighted by atomic mass is 10.1. The molecule has 2 aliphatic heterocycles. The summed E-state index contributed by atoms with van der Waals surface area (Å²) in [5.74, 6) is -0.0780. The zero-order valence-corrected chi connectivity index (χ0v) is 16.4. The summed E-state index contributed by atoms with van der Waals surface area (Å²) in [5, 5.41) is 0. The SMILES string of the molecule is C[C@@H]1CN(C(=O)c2ccc(S(=O)(=O)N3CCCCCC3)cc2)C[C@H](C)O1. The minimum Gasteiger partial charge on any atom is -0.372 e. The zero-order valence-electron chi connectivity index (χ0n) is 15.6. The van der Waals surface area contributed by atoms with Crippen molar-refractivity contribution in [3.63, 3.8) is 0 Å². The quantitative estimate of drug-likeness (QED) is 0.808. The van der Waals surface area contributed by atoms with Crippen molar-refractivity contribution in [2.24, 2.45) is 0 Å². The molecule has 0 saturated carbocycles. The van der Waals surface area contributed by atoms with Gasteiger partial charge in [0.1, 0.15) is 0 Å². The van der Waals surface area contributed by atoms with Gasteiger partial charge in [-0.05, 0) is 51.0 Å². The Labute approximate surface area is 156 Å². The molecule has 0 N–H and O–H groups in total. The van der Waals surface area contributed by atoms with E-state index < -0.39 is 10.0 Å². The van der Waals surface area contributed by atoms with Gasteiger partial charge in [0.2, 0.25) is 10.0 Å². The second-order valence-corrected chi connectivity index (χ2v) is 9.25. The van der Waals surface area contributed by atoms with Crippen LogP contribution in [0.5, 0.6) is 0 Å². The Morgan fingerprint density at radius 2 is 1.50 bits per heavy atom. The Morgan fingerprint density at radius 1 is 0.962 bits per heavy atom. The second kappa shape index (κ2) is 8.06. The minimum atomic E-state index is -3.48. The third kappa shape index (κ3) is 4.27. The first-order chi connectivity index (χ1) is 12.4. The fourth-order valence-electron chi connectivity index (χ4n) is 3.73. The highest BCUT2D eigenvalue weighted by Crippen LogP contribution is 2.21. The van der Waals surface area contributed by atoms with Crippen molar-refractivity contribution in [3.05, 3.63) is 29.8 Å². The molecule has 2 fully saturated rings. The highest BCUT2D eigenvalue weighted by atomic mass is 32.2. The van der Waals surface area contributed by atoms with E-state index in [4.69, 9.17) is 4.74 Å². The first-order valence-electron chi connectivity index (χ1n) is 9.43. The summed E-state index contributed by atoms with van der Waals surface area (Å²) >= 11 is 0. The van der Waals surface area contributed by atoms with Crippen LogP contribution in [0.1, 0.15) is 49.9 Å². The maximum absolute atomic E-state index is 12.8. The molecule has 6 nitrogen and oxygen atoms in total. The van der Waals surface area contributed by atoms with E-state index in [9.17, 15) is 13.2 Å². The maximum atomic E-state index is 12.8. The molecule has 1 amide bonds. The number of sulfonamides is 1. The Kier molecular flexibility index (Phi) is 5.99. The normalized spacial score (nSPS) is 25.7. The highest BCUT2D eigenvalue weighted by Gasteiger charge is 2.28. The van der Waals surface area contributed by atoms with Gasteiger partial charge in [-0.15, -0.1) is 0 Å². The molecular formula is C19H28N2O4S. The molecule has 0 radical (unpaired) electrons. The number of ether oxygens (including phenoxy) is 1. The van der Waals surface area contributed by atoms with E-state index in [0.29, 0.717) is 31.7 Å². The Bertz CT molecular complexity index is 714. The summed E-state index contributed by atoms with van der Waals surface area (Å²) in [6, 6.07) is 6.36. The largest absolute Gasteiger partial charge is 0.372 e. The molecule has 0 aromatic heterocycles. The molecule has 2 heterocycles. The number of morpholine rings is 1. The molecule has 1 aromatic rings. The van der Waals surface area contributed by atoms with Crippen LogP contribution in [-0.4, -0.2) is 61.9 Å². The molecule has 0 bridgehead atoms. The fourth-order valence-corrected chi connectivity index (χ4v) is 5.24. The zero-order chi connectivity index (χ0) is 18.7. The number of carbonyl (C=O) groups excluding carboxylic acids is 1. The van der Waals surface area contributed by atoms with Crippen LogP contribution in [-0.2, 0) is 14.8 Å². The summed E-state index contributed by atoms with van der Waals surface area (Å²) in [7, 11) is -3.48. The second-order valence-electron chi connectivity index (χ2n) is 7.31. The predicted molar refractivity (Wildman–Crippen MR) is 99.6 cm³/mol. The van der Waals surface area contributed by atoms with Gasteiger partial charge in [0.15, 0.2) is 0 Å². The molecule has 3 rings (SSSR count). The first kappa shape index (κ1) is 19.3. The number of hydrogen-bond acceptors (Lipinski definition) is 4. The van der Waals surface area contributed by atoms with Gasteiger partial charge in [0, 0.05) is 31.7 Å². The summed E-state index contributed by atoms with van der Waals surface area (Å²) in [4.78, 5) is 14.7. The average molecular weight is 381 g/mol. The minimum absolute atomic E-state index is 0.00499. The van der Waals surface area contributed by atoms with Crippen LogP contribution >= 0.6 is 0 Å². The standard InChI is InChI=1S/C19H28N2O4S/c1-15-13-20(14-16(2)25-15)19(22)17-7-9-18(10-8-17)26(23,24)21-11-5-3-4-6-12-21/h7-10,15-16H,3-6,11-14H2,1-2H3/t15-,16+. The molecule has 7 heteroatoms. The molecule has 2 aliphatic rings. The summed E-state index contributed by atoms with van der Waals surface area (Å²) in [6.45, 7) is 6.16. The molecule has 0 aliphatic carbocycles. The van der Waals surface area contributed by atoms with Gasteiger partial charge in [-0.25, -0.2) is 8.42 Å². The molecule has 0 unspecified atom stereocenters. The van der Waals surface area contributed by atoms with E-state index in [1.807, 2.05) is 13.8 Å². The van der Waals surface area contributed by atoms with Crippen LogP contribution in [0.2, 0.25) is 0 Å². The lowest BCUT2D eigenvalue weighted by Crippen LogP contribution is -2.48. The van der Waals surface area contributed by atoms with Crippen molar-refractivity contribution in [2.75, 3.05) is 26.2 Å². The van der Waals surface area contributed by atoms with Gasteiger partial charge in [0.25, 0.3) is 5.91 Å². The van der Waals surface area contributed by atoms with Crippen molar-refractivity contribution >= 4 is 15.9 Å². The molecule has 2 atom stereocenters. The molecule has 26 heavy (non-hydrogen) atoms. The highest BCUT2D eigenvalue weighted by molar-refractivity contribution is 7.89. The first-order valence-corrected chi connectivity index (χ1v) is 10.9. The molecule has 1 aromatic carbocycles. The fraction of sp³-hybridized carbons (Fsp3) is 0.632. The topological polar surface area (TPSA) is 66.9 Å². The number of amides is 1. The van der Waals surface area contributed by atoms with E-state index in [1.54, 1.807) is 33.5 Å². The van der Waals surface area contributed by atoms with Gasteiger partial charge < -0.3 is 9.64 Å². The van der Waals surface area contributed by atoms with E-state index in [-0.39, 0.29) is 23.0 Å². The average Bonchev–Trinajstić information content (AvgIpc) is 2.90. The number of nitrogens with zero attached hydrogens (tertiary/aromatic N) is 2. The van der Waals surface area contributed by atoms with Crippen LogP contribution in [0.3, 0.4) is 0 Å². The van der Waals surface area contributed by atoms with Crippen molar-refractivity contribution in [1.29, 1.82) is 0 Å². The summed E-state index contributed by atoms with van der Waals surface area (Å²) < 4.78 is 32.9. The van der Waals surface area contributed by atoms with Crippen LogP contribution in [0.4, 0.5) is 0 Å². The molecule has 0 spiro atoms.